The molecule has 0 bridgehead atoms. The quantitative estimate of drug-likeness (QED) is 0.453. The van der Waals surface area contributed by atoms with Gasteiger partial charge in [0.15, 0.2) is 11.6 Å². The maximum Gasteiger partial charge on any atom is 0.338 e. The lowest BCUT2D eigenvalue weighted by Gasteiger charge is -2.35. The van der Waals surface area contributed by atoms with Crippen LogP contribution >= 0.6 is 11.6 Å². The van der Waals surface area contributed by atoms with Crippen LogP contribution in [0.5, 0.6) is 0 Å². The lowest BCUT2D eigenvalue weighted by molar-refractivity contribution is 0.0460. The van der Waals surface area contributed by atoms with Crippen molar-refractivity contribution in [2.24, 2.45) is 0 Å². The highest BCUT2D eigenvalue weighted by molar-refractivity contribution is 6.31. The first-order valence-electron chi connectivity index (χ1n) is 9.81. The van der Waals surface area contributed by atoms with Crippen LogP contribution in [0.3, 0.4) is 0 Å². The first-order valence-corrected chi connectivity index (χ1v) is 10.2. The Bertz CT molecular complexity index is 1020. The molecule has 2 rings (SSSR count). The molecule has 10 heteroatoms. The highest BCUT2D eigenvalue weighted by atomic mass is 35.5. The predicted octanol–water partition coefficient (Wildman–Crippen LogP) is 5.58. The van der Waals surface area contributed by atoms with E-state index in [9.17, 15) is 22.8 Å². The Morgan fingerprint density at radius 3 is 2.12 bits per heavy atom. The van der Waals surface area contributed by atoms with Crippen molar-refractivity contribution in [3.05, 3.63) is 58.4 Å². The van der Waals surface area contributed by atoms with Crippen LogP contribution in [0.4, 0.5) is 29.3 Å². The normalized spacial score (nSPS) is 11.3. The topological polar surface area (TPSA) is 64.7 Å². The molecule has 2 N–H and O–H groups in total. The van der Waals surface area contributed by atoms with E-state index in [-0.39, 0.29) is 11.6 Å². The summed E-state index contributed by atoms with van der Waals surface area (Å²) in [6, 6.07) is 4.78. The molecule has 2 aromatic carbocycles. The predicted molar refractivity (Wildman–Crippen MR) is 119 cm³/mol. The van der Waals surface area contributed by atoms with Gasteiger partial charge in [0.1, 0.15) is 5.82 Å². The summed E-state index contributed by atoms with van der Waals surface area (Å²) in [6.45, 7) is 8.99. The van der Waals surface area contributed by atoms with Gasteiger partial charge >= 0.3 is 6.03 Å². The Hall–Kier alpha value is -2.94. The molecule has 0 unspecified atom stereocenters. The number of nitrogens with zero attached hydrogens (tertiary/aromatic N) is 2. The van der Waals surface area contributed by atoms with Crippen LogP contribution in [-0.2, 0) is 0 Å². The molecular formula is C22H26ClF3N4O2. The summed E-state index contributed by atoms with van der Waals surface area (Å²) < 4.78 is 40.4. The minimum Gasteiger partial charge on any atom is -0.372 e. The van der Waals surface area contributed by atoms with Crippen LogP contribution in [0.2, 0.25) is 5.02 Å². The molecule has 3 amide bonds. The first-order chi connectivity index (χ1) is 14.7. The zero-order valence-corrected chi connectivity index (χ0v) is 19.4. The summed E-state index contributed by atoms with van der Waals surface area (Å²) >= 11 is 6.21. The summed E-state index contributed by atoms with van der Waals surface area (Å²) in [5.74, 6) is -4.45. The van der Waals surface area contributed by atoms with Gasteiger partial charge in [0, 0.05) is 41.5 Å². The zero-order chi connectivity index (χ0) is 24.4. The molecule has 2 aromatic rings. The smallest absolute Gasteiger partial charge is 0.338 e. The molecule has 6 nitrogen and oxygen atoms in total. The molecule has 0 radical (unpaired) electrons. The Morgan fingerprint density at radius 2 is 1.56 bits per heavy atom. The maximum atomic E-state index is 13.9. The van der Waals surface area contributed by atoms with Crippen molar-refractivity contribution < 1.29 is 22.8 Å². The fraction of sp³-hybridized carbons (Fsp3) is 0.364. The van der Waals surface area contributed by atoms with Gasteiger partial charge in [-0.05, 0) is 52.8 Å². The van der Waals surface area contributed by atoms with Gasteiger partial charge in [-0.2, -0.15) is 0 Å². The van der Waals surface area contributed by atoms with E-state index in [2.05, 4.69) is 10.7 Å². The molecule has 0 spiro atoms. The molecule has 0 fully saturated rings. The minimum atomic E-state index is -1.39. The summed E-state index contributed by atoms with van der Waals surface area (Å²) in [4.78, 5) is 27.6. The average molecular weight is 471 g/mol. The van der Waals surface area contributed by atoms with E-state index in [0.717, 1.165) is 5.01 Å². The molecule has 0 aliphatic rings. The number of urea groups is 1. The van der Waals surface area contributed by atoms with Crippen LogP contribution in [0.15, 0.2) is 30.3 Å². The third-order valence-corrected chi connectivity index (χ3v) is 4.88. The van der Waals surface area contributed by atoms with Gasteiger partial charge in [-0.1, -0.05) is 11.6 Å². The molecule has 0 aromatic heterocycles. The fourth-order valence-electron chi connectivity index (χ4n) is 2.72. The minimum absolute atomic E-state index is 0.144. The lowest BCUT2D eigenvalue weighted by Crippen LogP contribution is -2.56. The van der Waals surface area contributed by atoms with Gasteiger partial charge in [-0.15, -0.1) is 0 Å². The fourth-order valence-corrected chi connectivity index (χ4v) is 2.95. The Kier molecular flexibility index (Phi) is 7.66. The van der Waals surface area contributed by atoms with E-state index in [4.69, 9.17) is 11.6 Å². The molecular weight excluding hydrogens is 445 g/mol. The number of halogens is 4. The number of carbonyl (C=O) groups is 2. The van der Waals surface area contributed by atoms with E-state index in [0.29, 0.717) is 22.8 Å². The lowest BCUT2D eigenvalue weighted by atomic mass is 10.1. The second-order valence-electron chi connectivity index (χ2n) is 8.53. The molecule has 32 heavy (non-hydrogen) atoms. The van der Waals surface area contributed by atoms with Crippen molar-refractivity contribution >= 4 is 34.9 Å². The van der Waals surface area contributed by atoms with E-state index in [1.165, 1.54) is 6.07 Å². The summed E-state index contributed by atoms with van der Waals surface area (Å²) in [5.41, 5.74) is 1.80. The second kappa shape index (κ2) is 9.68. The Balaban J connectivity index is 2.32. The Morgan fingerprint density at radius 1 is 0.969 bits per heavy atom. The van der Waals surface area contributed by atoms with Crippen molar-refractivity contribution in [3.8, 4) is 0 Å². The van der Waals surface area contributed by atoms with Crippen molar-refractivity contribution in [3.63, 3.8) is 0 Å². The van der Waals surface area contributed by atoms with Crippen molar-refractivity contribution in [1.82, 2.24) is 10.4 Å². The number of nitrogens with one attached hydrogen (secondary N) is 2. The third kappa shape index (κ3) is 6.06. The second-order valence-corrected chi connectivity index (χ2v) is 8.96. The van der Waals surface area contributed by atoms with E-state index in [1.807, 2.05) is 25.8 Å². The molecule has 0 saturated heterocycles. The average Bonchev–Trinajstić information content (AvgIpc) is 2.67. The van der Waals surface area contributed by atoms with Gasteiger partial charge in [-0.3, -0.25) is 4.79 Å². The van der Waals surface area contributed by atoms with Crippen molar-refractivity contribution in [1.29, 1.82) is 0 Å². The molecule has 174 valence electrons. The summed E-state index contributed by atoms with van der Waals surface area (Å²) in [6.07, 6.45) is 0. The molecule has 0 aliphatic carbocycles. The van der Waals surface area contributed by atoms with Gasteiger partial charge in [0.05, 0.1) is 11.2 Å². The van der Waals surface area contributed by atoms with Crippen LogP contribution in [-0.4, -0.2) is 35.6 Å². The largest absolute Gasteiger partial charge is 0.372 e. The standard InChI is InChI=1S/C22H26ClF3N4O2/c1-12(2)29(6)15-8-13(7-14(23)9-15)20(31)30(22(3,4)5)28-21(32)27-19-11-17(25)16(24)10-18(19)26/h7-12H,1-6H3,(H2,27,28,32). The van der Waals surface area contributed by atoms with Crippen molar-refractivity contribution in [2.75, 3.05) is 17.3 Å². The highest BCUT2D eigenvalue weighted by Gasteiger charge is 2.30. The third-order valence-electron chi connectivity index (χ3n) is 4.66. The van der Waals surface area contributed by atoms with Gasteiger partial charge in [-0.25, -0.2) is 28.4 Å². The molecule has 0 atom stereocenters. The zero-order valence-electron chi connectivity index (χ0n) is 18.7. The summed E-state index contributed by atoms with van der Waals surface area (Å²) in [5, 5.41) is 3.46. The van der Waals surface area contributed by atoms with Crippen LogP contribution in [0.25, 0.3) is 0 Å². The number of hydrazine groups is 1. The van der Waals surface area contributed by atoms with E-state index < -0.39 is 40.6 Å². The van der Waals surface area contributed by atoms with Gasteiger partial charge < -0.3 is 10.2 Å². The van der Waals surface area contributed by atoms with E-state index >= 15 is 0 Å². The number of hydrogen-bond acceptors (Lipinski definition) is 3. The molecule has 0 aliphatic heterocycles. The van der Waals surface area contributed by atoms with Crippen molar-refractivity contribution in [2.45, 2.75) is 46.2 Å². The molecule has 0 saturated carbocycles. The number of anilines is 2. The number of carbonyl (C=O) groups excluding carboxylic acids is 2. The SMILES string of the molecule is CC(C)N(C)c1cc(Cl)cc(C(=O)N(NC(=O)Nc2cc(F)c(F)cc2F)C(C)(C)C)c1. The number of benzene rings is 2. The first kappa shape index (κ1) is 25.3. The van der Waals surface area contributed by atoms with Gasteiger partial charge in [0.25, 0.3) is 5.91 Å². The van der Waals surface area contributed by atoms with Crippen LogP contribution < -0.4 is 15.6 Å². The van der Waals surface area contributed by atoms with Crippen LogP contribution in [0, 0.1) is 17.5 Å². The maximum absolute atomic E-state index is 13.9. The number of rotatable bonds is 4. The monoisotopic (exact) mass is 470 g/mol. The van der Waals surface area contributed by atoms with Crippen LogP contribution in [0.1, 0.15) is 45.0 Å². The Labute approximate surface area is 190 Å². The number of amides is 3. The van der Waals surface area contributed by atoms with E-state index in [1.54, 1.807) is 32.9 Å². The highest BCUT2D eigenvalue weighted by Crippen LogP contribution is 2.26. The number of hydrogen-bond donors (Lipinski definition) is 2. The van der Waals surface area contributed by atoms with Gasteiger partial charge in [0.2, 0.25) is 0 Å². The summed E-state index contributed by atoms with van der Waals surface area (Å²) in [7, 11) is 1.86. The molecule has 0 heterocycles.